The number of H-pyrrole nitrogens is 1. The molecule has 1 aliphatic heterocycles. The Kier molecular flexibility index (Phi) is 4.97. The van der Waals surface area contributed by atoms with Gasteiger partial charge in [-0.1, -0.05) is 12.1 Å². The van der Waals surface area contributed by atoms with Gasteiger partial charge in [0.25, 0.3) is 0 Å². The third-order valence-corrected chi connectivity index (χ3v) is 3.52. The summed E-state index contributed by atoms with van der Waals surface area (Å²) in [4.78, 5) is 33.7. The number of nitrogens with one attached hydrogen (secondary N) is 2. The van der Waals surface area contributed by atoms with Crippen molar-refractivity contribution in [2.45, 2.75) is 19.0 Å². The molecule has 0 fully saturated rings. The maximum atomic E-state index is 11.7. The van der Waals surface area contributed by atoms with E-state index in [-0.39, 0.29) is 5.69 Å². The lowest BCUT2D eigenvalue weighted by atomic mass is 10.0. The Balaban J connectivity index is 0.000000207. The molecule has 23 heavy (non-hydrogen) atoms. The highest BCUT2D eigenvalue weighted by atomic mass is 16.4. The molecule has 0 spiro atoms. The number of carbonyl (C=O) groups is 2. The molecular weight excluding hydrogens is 302 g/mol. The van der Waals surface area contributed by atoms with Crippen LogP contribution in [0.25, 0.3) is 11.0 Å². The van der Waals surface area contributed by atoms with Crippen LogP contribution < -0.4 is 11.0 Å². The smallest absolute Gasteiger partial charge is 0.328 e. The molecule has 2 aromatic rings. The first kappa shape index (κ1) is 16.5. The number of carboxylic acid groups (broad SMARTS) is 2. The summed E-state index contributed by atoms with van der Waals surface area (Å²) in [7, 11) is 1.94. The second-order valence-corrected chi connectivity index (χ2v) is 5.05. The number of likely N-dealkylation sites (N-methyl/N-ethyl adjacent to an activating group) is 1. The summed E-state index contributed by atoms with van der Waals surface area (Å²) in [5.74, 6) is -2.51. The summed E-state index contributed by atoms with van der Waals surface area (Å²) >= 11 is 0. The van der Waals surface area contributed by atoms with Crippen molar-refractivity contribution in [3.63, 3.8) is 0 Å². The number of aromatic nitrogens is 2. The van der Waals surface area contributed by atoms with Crippen molar-refractivity contribution in [2.24, 2.45) is 0 Å². The van der Waals surface area contributed by atoms with E-state index >= 15 is 0 Å². The quantitative estimate of drug-likeness (QED) is 0.598. The molecule has 0 radical (unpaired) electrons. The van der Waals surface area contributed by atoms with Gasteiger partial charge in [0.05, 0.1) is 11.0 Å². The first-order chi connectivity index (χ1) is 10.9. The molecule has 4 N–H and O–H groups in total. The van der Waals surface area contributed by atoms with Crippen LogP contribution in [0, 0.1) is 0 Å². The Hall–Kier alpha value is -2.87. The summed E-state index contributed by atoms with van der Waals surface area (Å²) in [6, 6.07) is 6.40. The number of carboxylic acids is 2. The lowest BCUT2D eigenvalue weighted by Gasteiger charge is -2.22. The molecule has 1 aromatic heterocycles. The lowest BCUT2D eigenvalue weighted by molar-refractivity contribution is -0.134. The number of para-hydroxylation sites is 1. The van der Waals surface area contributed by atoms with Gasteiger partial charge in [0.2, 0.25) is 0 Å². The Morgan fingerprint density at radius 3 is 2.52 bits per heavy atom. The maximum absolute atomic E-state index is 11.7. The fourth-order valence-corrected chi connectivity index (χ4v) is 2.52. The fourth-order valence-electron chi connectivity index (χ4n) is 2.52. The van der Waals surface area contributed by atoms with E-state index < -0.39 is 11.9 Å². The summed E-state index contributed by atoms with van der Waals surface area (Å²) in [5, 5.41) is 18.9. The van der Waals surface area contributed by atoms with Crippen molar-refractivity contribution in [2.75, 3.05) is 7.05 Å². The van der Waals surface area contributed by atoms with Gasteiger partial charge in [-0.25, -0.2) is 14.4 Å². The van der Waals surface area contributed by atoms with Crippen molar-refractivity contribution in [1.82, 2.24) is 14.9 Å². The number of hydrogen-bond donors (Lipinski definition) is 4. The fraction of sp³-hybridized carbons (Fsp3) is 0.267. The predicted octanol–water partition coefficient (Wildman–Crippen LogP) is 0.185. The Labute approximate surface area is 131 Å². The Morgan fingerprint density at radius 2 is 1.96 bits per heavy atom. The minimum atomic E-state index is -1.26. The van der Waals surface area contributed by atoms with Crippen LogP contribution in [0.5, 0.6) is 0 Å². The molecule has 2 heterocycles. The van der Waals surface area contributed by atoms with Crippen LogP contribution in [0.2, 0.25) is 0 Å². The topological polar surface area (TPSA) is 124 Å². The number of nitrogens with zero attached hydrogens (tertiary/aromatic N) is 1. The molecule has 0 saturated carbocycles. The molecule has 122 valence electrons. The third kappa shape index (κ3) is 3.86. The minimum absolute atomic E-state index is 0.00241. The van der Waals surface area contributed by atoms with Crippen LogP contribution in [-0.4, -0.2) is 44.8 Å². The minimum Gasteiger partial charge on any atom is -0.478 e. The van der Waals surface area contributed by atoms with Crippen LogP contribution in [-0.2, 0) is 22.6 Å². The number of benzene rings is 1. The molecule has 8 nitrogen and oxygen atoms in total. The molecule has 0 bridgehead atoms. The monoisotopic (exact) mass is 319 g/mol. The molecular formula is C15H17N3O5. The molecule has 3 rings (SSSR count). The highest BCUT2D eigenvalue weighted by Crippen LogP contribution is 2.22. The SMILES string of the molecule is CNC1Cc2cccc3[nH]c(=O)n(c23)C1.O=C(O)C=CC(=O)O. The van der Waals surface area contributed by atoms with Gasteiger partial charge >= 0.3 is 17.6 Å². The van der Waals surface area contributed by atoms with Gasteiger partial charge in [-0.15, -0.1) is 0 Å². The molecule has 1 aromatic carbocycles. The second-order valence-electron chi connectivity index (χ2n) is 5.05. The average molecular weight is 319 g/mol. The van der Waals surface area contributed by atoms with E-state index in [0.717, 1.165) is 24.0 Å². The summed E-state index contributed by atoms with van der Waals surface area (Å²) < 4.78 is 1.83. The van der Waals surface area contributed by atoms with Gasteiger partial charge < -0.3 is 20.5 Å². The molecule has 1 atom stereocenters. The molecule has 1 unspecified atom stereocenters. The number of aliphatic carboxylic acids is 2. The van der Waals surface area contributed by atoms with Gasteiger partial charge in [0.15, 0.2) is 0 Å². The summed E-state index contributed by atoms with van der Waals surface area (Å²) in [6.45, 7) is 0.756. The van der Waals surface area contributed by atoms with Crippen LogP contribution >= 0.6 is 0 Å². The van der Waals surface area contributed by atoms with Crippen LogP contribution in [0.4, 0.5) is 0 Å². The maximum Gasteiger partial charge on any atom is 0.328 e. The van der Waals surface area contributed by atoms with Crippen molar-refractivity contribution in [1.29, 1.82) is 0 Å². The number of hydrogen-bond acceptors (Lipinski definition) is 4. The predicted molar refractivity (Wildman–Crippen MR) is 83.5 cm³/mol. The second kappa shape index (κ2) is 6.93. The zero-order chi connectivity index (χ0) is 17.0. The van der Waals surface area contributed by atoms with E-state index in [4.69, 9.17) is 10.2 Å². The van der Waals surface area contributed by atoms with Crippen molar-refractivity contribution < 1.29 is 19.8 Å². The van der Waals surface area contributed by atoms with Gasteiger partial charge in [-0.3, -0.25) is 4.57 Å². The largest absolute Gasteiger partial charge is 0.478 e. The first-order valence-corrected chi connectivity index (χ1v) is 6.94. The molecule has 0 amide bonds. The first-order valence-electron chi connectivity index (χ1n) is 6.94. The third-order valence-electron chi connectivity index (χ3n) is 3.52. The zero-order valence-electron chi connectivity index (χ0n) is 12.4. The lowest BCUT2D eigenvalue weighted by Crippen LogP contribution is -2.38. The van der Waals surface area contributed by atoms with Crippen molar-refractivity contribution in [3.05, 3.63) is 46.4 Å². The van der Waals surface area contributed by atoms with E-state index in [1.165, 1.54) is 5.56 Å². The summed E-state index contributed by atoms with van der Waals surface area (Å²) in [6.07, 6.45) is 2.11. The zero-order valence-corrected chi connectivity index (χ0v) is 12.4. The number of rotatable bonds is 3. The highest BCUT2D eigenvalue weighted by molar-refractivity contribution is 5.89. The molecule has 0 aliphatic carbocycles. The average Bonchev–Trinajstić information content (AvgIpc) is 2.84. The highest BCUT2D eigenvalue weighted by Gasteiger charge is 2.21. The van der Waals surface area contributed by atoms with Gasteiger partial charge in [-0.2, -0.15) is 0 Å². The molecule has 1 aliphatic rings. The number of aromatic amines is 1. The van der Waals surface area contributed by atoms with E-state index in [2.05, 4.69) is 16.4 Å². The van der Waals surface area contributed by atoms with Gasteiger partial charge in [-0.05, 0) is 25.1 Å². The van der Waals surface area contributed by atoms with E-state index in [1.807, 2.05) is 23.7 Å². The van der Waals surface area contributed by atoms with E-state index in [1.54, 1.807) is 0 Å². The summed E-state index contributed by atoms with van der Waals surface area (Å²) in [5.41, 5.74) is 3.27. The van der Waals surface area contributed by atoms with Gasteiger partial charge in [0.1, 0.15) is 0 Å². The van der Waals surface area contributed by atoms with Crippen molar-refractivity contribution in [3.8, 4) is 0 Å². The van der Waals surface area contributed by atoms with E-state index in [0.29, 0.717) is 18.2 Å². The Bertz CT molecular complexity index is 802. The standard InChI is InChI=1S/C11H13N3O.C4H4O4/c1-12-8-5-7-3-2-4-9-10(7)14(6-8)11(15)13-9;5-3(6)1-2-4(7)8/h2-4,8,12H,5-6H2,1H3,(H,13,15);1-2H,(H,5,6)(H,7,8). The number of imidazole rings is 1. The van der Waals surface area contributed by atoms with Crippen LogP contribution in [0.1, 0.15) is 5.56 Å². The normalized spacial score (nSPS) is 16.1. The molecule has 8 heteroatoms. The van der Waals surface area contributed by atoms with Gasteiger partial charge in [0, 0.05) is 24.7 Å². The van der Waals surface area contributed by atoms with Crippen LogP contribution in [0.15, 0.2) is 35.1 Å². The van der Waals surface area contributed by atoms with Crippen LogP contribution in [0.3, 0.4) is 0 Å². The van der Waals surface area contributed by atoms with E-state index in [9.17, 15) is 14.4 Å². The van der Waals surface area contributed by atoms with Crippen molar-refractivity contribution >= 4 is 23.0 Å². The Morgan fingerprint density at radius 1 is 1.30 bits per heavy atom. The molecule has 0 saturated heterocycles.